The third-order valence-corrected chi connectivity index (χ3v) is 3.63. The highest BCUT2D eigenvalue weighted by molar-refractivity contribution is 5.72. The van der Waals surface area contributed by atoms with E-state index < -0.39 is 5.76 Å². The predicted octanol–water partition coefficient (Wildman–Crippen LogP) is 3.21. The Morgan fingerprint density at radius 3 is 2.84 bits per heavy atom. The highest BCUT2D eigenvalue weighted by atomic mass is 16.4. The van der Waals surface area contributed by atoms with E-state index in [0.29, 0.717) is 17.5 Å². The lowest BCUT2D eigenvalue weighted by molar-refractivity contribution is 0.408. The molecule has 0 aliphatic rings. The summed E-state index contributed by atoms with van der Waals surface area (Å²) < 4.78 is 5.13. The molecule has 0 bridgehead atoms. The third kappa shape index (κ3) is 3.26. The van der Waals surface area contributed by atoms with E-state index in [1.54, 1.807) is 0 Å². The topological polar surface area (TPSA) is 58.0 Å². The first-order valence-corrected chi connectivity index (χ1v) is 7.00. The molecule has 4 nitrogen and oxygen atoms in total. The summed E-state index contributed by atoms with van der Waals surface area (Å²) in [6.45, 7) is 7.51. The number of H-pyrrole nitrogens is 1. The Morgan fingerprint density at radius 1 is 1.37 bits per heavy atom. The number of aromatic nitrogens is 1. The first kappa shape index (κ1) is 13.9. The second kappa shape index (κ2) is 6.06. The molecule has 104 valence electrons. The molecule has 0 saturated heterocycles. The molecule has 0 spiro atoms. The number of hydrogen-bond donors (Lipinski definition) is 2. The van der Waals surface area contributed by atoms with E-state index in [4.69, 9.17) is 4.42 Å². The first-order valence-electron chi connectivity index (χ1n) is 7.00. The molecule has 1 heterocycles. The summed E-state index contributed by atoms with van der Waals surface area (Å²) in [6, 6.07) is 6.24. The summed E-state index contributed by atoms with van der Waals surface area (Å²) in [6.07, 6.45) is 2.26. The van der Waals surface area contributed by atoms with Crippen molar-refractivity contribution in [1.82, 2.24) is 10.3 Å². The number of benzene rings is 1. The summed E-state index contributed by atoms with van der Waals surface area (Å²) >= 11 is 0. The van der Waals surface area contributed by atoms with Gasteiger partial charge in [0, 0.05) is 6.04 Å². The number of hydrogen-bond acceptors (Lipinski definition) is 3. The minimum Gasteiger partial charge on any atom is -0.408 e. The lowest BCUT2D eigenvalue weighted by atomic mass is 9.94. The van der Waals surface area contributed by atoms with E-state index >= 15 is 0 Å². The fraction of sp³-hybridized carbons (Fsp3) is 0.533. The quantitative estimate of drug-likeness (QED) is 0.840. The van der Waals surface area contributed by atoms with Crippen molar-refractivity contribution in [1.29, 1.82) is 0 Å². The molecule has 2 rings (SSSR count). The van der Waals surface area contributed by atoms with Crippen LogP contribution in [0.4, 0.5) is 0 Å². The maximum atomic E-state index is 11.2. The van der Waals surface area contributed by atoms with Crippen molar-refractivity contribution in [3.8, 4) is 0 Å². The zero-order chi connectivity index (χ0) is 13.8. The van der Waals surface area contributed by atoms with Crippen molar-refractivity contribution in [3.63, 3.8) is 0 Å². The maximum absolute atomic E-state index is 11.2. The van der Waals surface area contributed by atoms with Crippen LogP contribution in [0.3, 0.4) is 0 Å². The molecule has 0 radical (unpaired) electrons. The van der Waals surface area contributed by atoms with Crippen LogP contribution in [0, 0.1) is 5.92 Å². The van der Waals surface area contributed by atoms with Crippen LogP contribution >= 0.6 is 0 Å². The van der Waals surface area contributed by atoms with Gasteiger partial charge in [0.05, 0.1) is 5.52 Å². The zero-order valence-electron chi connectivity index (χ0n) is 11.8. The predicted molar refractivity (Wildman–Crippen MR) is 77.3 cm³/mol. The summed E-state index contributed by atoms with van der Waals surface area (Å²) in [5.41, 5.74) is 2.57. The van der Waals surface area contributed by atoms with Crippen molar-refractivity contribution in [2.24, 2.45) is 5.92 Å². The van der Waals surface area contributed by atoms with Crippen molar-refractivity contribution in [3.05, 3.63) is 34.3 Å². The van der Waals surface area contributed by atoms with Gasteiger partial charge < -0.3 is 9.73 Å². The standard InChI is InChI=1S/C15H22N2O2/c1-4-10(3)8-13(16-5-2)11-6-7-12-14(9-11)19-15(18)17-12/h6-7,9-10,13,16H,4-5,8H2,1-3H3,(H,17,18). The van der Waals surface area contributed by atoms with Gasteiger partial charge in [0.15, 0.2) is 5.58 Å². The molecule has 0 aliphatic carbocycles. The van der Waals surface area contributed by atoms with E-state index in [1.807, 2.05) is 12.1 Å². The molecule has 2 atom stereocenters. The average molecular weight is 262 g/mol. The Labute approximate surface area is 113 Å². The van der Waals surface area contributed by atoms with Gasteiger partial charge in [-0.25, -0.2) is 4.79 Å². The van der Waals surface area contributed by atoms with Crippen LogP contribution in [0.25, 0.3) is 11.1 Å². The fourth-order valence-electron chi connectivity index (χ4n) is 2.33. The molecule has 1 aromatic heterocycles. The van der Waals surface area contributed by atoms with E-state index in [-0.39, 0.29) is 0 Å². The lowest BCUT2D eigenvalue weighted by Gasteiger charge is -2.21. The van der Waals surface area contributed by atoms with Gasteiger partial charge in [-0.05, 0) is 36.6 Å². The Balaban J connectivity index is 2.29. The zero-order valence-corrected chi connectivity index (χ0v) is 11.8. The van der Waals surface area contributed by atoms with E-state index in [0.717, 1.165) is 18.5 Å². The summed E-state index contributed by atoms with van der Waals surface area (Å²) in [7, 11) is 0. The van der Waals surface area contributed by atoms with Crippen molar-refractivity contribution >= 4 is 11.1 Å². The highest BCUT2D eigenvalue weighted by Crippen LogP contribution is 2.25. The number of fused-ring (bicyclic) bond motifs is 1. The van der Waals surface area contributed by atoms with E-state index in [2.05, 4.69) is 37.1 Å². The monoisotopic (exact) mass is 262 g/mol. The lowest BCUT2D eigenvalue weighted by Crippen LogP contribution is -2.22. The molecule has 2 aromatic rings. The number of oxazole rings is 1. The largest absolute Gasteiger partial charge is 0.417 e. The van der Waals surface area contributed by atoms with Gasteiger partial charge in [-0.2, -0.15) is 0 Å². The molecule has 0 fully saturated rings. The minimum atomic E-state index is -0.394. The van der Waals surface area contributed by atoms with Gasteiger partial charge in [-0.1, -0.05) is 33.3 Å². The molecule has 4 heteroatoms. The second-order valence-electron chi connectivity index (χ2n) is 5.13. The van der Waals surface area contributed by atoms with E-state index in [9.17, 15) is 4.79 Å². The Morgan fingerprint density at radius 2 is 2.16 bits per heavy atom. The van der Waals surface area contributed by atoms with Crippen LogP contribution < -0.4 is 11.1 Å². The number of aromatic amines is 1. The van der Waals surface area contributed by atoms with E-state index in [1.165, 1.54) is 12.0 Å². The molecule has 2 unspecified atom stereocenters. The van der Waals surface area contributed by atoms with Gasteiger partial charge in [0.25, 0.3) is 0 Å². The normalized spacial score (nSPS) is 14.7. The molecule has 2 N–H and O–H groups in total. The molecule has 19 heavy (non-hydrogen) atoms. The van der Waals surface area contributed by atoms with Crippen molar-refractivity contribution in [2.45, 2.75) is 39.7 Å². The Bertz CT molecular complexity index is 585. The van der Waals surface area contributed by atoms with Gasteiger partial charge in [0.1, 0.15) is 0 Å². The molecule has 0 saturated carbocycles. The summed E-state index contributed by atoms with van der Waals surface area (Å²) in [5, 5.41) is 3.51. The summed E-state index contributed by atoms with van der Waals surface area (Å²) in [4.78, 5) is 13.8. The first-order chi connectivity index (χ1) is 9.13. The average Bonchev–Trinajstić information content (AvgIpc) is 2.77. The fourth-order valence-corrected chi connectivity index (χ4v) is 2.33. The van der Waals surface area contributed by atoms with Crippen LogP contribution in [0.1, 0.15) is 45.2 Å². The van der Waals surface area contributed by atoms with Crippen LogP contribution in [0.2, 0.25) is 0 Å². The van der Waals surface area contributed by atoms with Crippen molar-refractivity contribution < 1.29 is 4.42 Å². The third-order valence-electron chi connectivity index (χ3n) is 3.63. The van der Waals surface area contributed by atoms with Gasteiger partial charge in [0.2, 0.25) is 0 Å². The molecular weight excluding hydrogens is 240 g/mol. The Kier molecular flexibility index (Phi) is 4.43. The molecule has 1 aromatic carbocycles. The van der Waals surface area contributed by atoms with Crippen LogP contribution in [0.15, 0.2) is 27.4 Å². The molecule has 0 aliphatic heterocycles. The second-order valence-corrected chi connectivity index (χ2v) is 5.13. The highest BCUT2D eigenvalue weighted by Gasteiger charge is 2.15. The molecule has 0 amide bonds. The SMILES string of the molecule is CCNC(CC(C)CC)c1ccc2[nH]c(=O)oc2c1. The minimum absolute atomic E-state index is 0.310. The van der Waals surface area contributed by atoms with Gasteiger partial charge in [-0.3, -0.25) is 4.98 Å². The van der Waals surface area contributed by atoms with Gasteiger partial charge >= 0.3 is 5.76 Å². The Hall–Kier alpha value is -1.55. The summed E-state index contributed by atoms with van der Waals surface area (Å²) in [5.74, 6) is 0.270. The number of rotatable bonds is 6. The molecular formula is C15H22N2O2. The van der Waals surface area contributed by atoms with Crippen molar-refractivity contribution in [2.75, 3.05) is 6.54 Å². The number of nitrogens with one attached hydrogen (secondary N) is 2. The van der Waals surface area contributed by atoms with Crippen LogP contribution in [0.5, 0.6) is 0 Å². The van der Waals surface area contributed by atoms with Crippen LogP contribution in [-0.4, -0.2) is 11.5 Å². The smallest absolute Gasteiger partial charge is 0.408 e. The maximum Gasteiger partial charge on any atom is 0.417 e. The van der Waals surface area contributed by atoms with Gasteiger partial charge in [-0.15, -0.1) is 0 Å². The van der Waals surface area contributed by atoms with Crippen LogP contribution in [-0.2, 0) is 0 Å².